The molecule has 0 amide bonds. The lowest BCUT2D eigenvalue weighted by Crippen LogP contribution is -2.16. The summed E-state index contributed by atoms with van der Waals surface area (Å²) in [6.07, 6.45) is 3.66. The first-order valence-electron chi connectivity index (χ1n) is 11.8. The molecule has 1 N–H and O–H groups in total. The monoisotopic (exact) mass is 541 g/mol. The van der Waals surface area contributed by atoms with Gasteiger partial charge in [-0.3, -0.25) is 4.72 Å². The number of hydrogen-bond donors (Lipinski definition) is 1. The average Bonchev–Trinajstić information content (AvgIpc) is 2.90. The molecule has 38 heavy (non-hydrogen) atoms. The van der Waals surface area contributed by atoms with Gasteiger partial charge in [-0.1, -0.05) is 45.1 Å². The van der Waals surface area contributed by atoms with Crippen LogP contribution >= 0.6 is 0 Å². The van der Waals surface area contributed by atoms with Crippen LogP contribution in [-0.2, 0) is 15.4 Å². The number of anilines is 1. The molecule has 0 spiro atoms. The van der Waals surface area contributed by atoms with Gasteiger partial charge in [0.25, 0.3) is 10.0 Å². The molecule has 8 nitrogen and oxygen atoms in total. The molecule has 0 unspecified atom stereocenters. The minimum absolute atomic E-state index is 0.157. The van der Waals surface area contributed by atoms with E-state index in [4.69, 9.17) is 23.7 Å². The molecular formula is C29H35NO7S. The van der Waals surface area contributed by atoms with Crippen molar-refractivity contribution >= 4 is 27.9 Å². The minimum atomic E-state index is -3.92. The second-order valence-electron chi connectivity index (χ2n) is 9.48. The summed E-state index contributed by atoms with van der Waals surface area (Å²) in [6.45, 7) is 6.09. The van der Waals surface area contributed by atoms with Crippen LogP contribution in [0.4, 0.5) is 5.69 Å². The van der Waals surface area contributed by atoms with Crippen molar-refractivity contribution in [1.29, 1.82) is 0 Å². The van der Waals surface area contributed by atoms with E-state index in [-0.39, 0.29) is 21.7 Å². The van der Waals surface area contributed by atoms with Crippen molar-refractivity contribution in [3.8, 4) is 28.7 Å². The molecule has 204 valence electrons. The first kappa shape index (κ1) is 28.7. The fourth-order valence-corrected chi connectivity index (χ4v) is 4.98. The number of ether oxygens (including phenoxy) is 5. The molecule has 0 aliphatic heterocycles. The van der Waals surface area contributed by atoms with Gasteiger partial charge in [-0.2, -0.15) is 0 Å². The van der Waals surface area contributed by atoms with Crippen LogP contribution in [0.1, 0.15) is 37.5 Å². The van der Waals surface area contributed by atoms with Crippen LogP contribution in [0.3, 0.4) is 0 Å². The lowest BCUT2D eigenvalue weighted by Gasteiger charge is -2.20. The van der Waals surface area contributed by atoms with Crippen LogP contribution in [0.15, 0.2) is 53.4 Å². The molecule has 0 bridgehead atoms. The van der Waals surface area contributed by atoms with Gasteiger partial charge in [0, 0.05) is 0 Å². The number of rotatable bonds is 10. The van der Waals surface area contributed by atoms with Gasteiger partial charge in [-0.25, -0.2) is 8.42 Å². The molecule has 3 rings (SSSR count). The molecule has 0 fully saturated rings. The first-order valence-corrected chi connectivity index (χ1v) is 13.3. The van der Waals surface area contributed by atoms with Crippen LogP contribution in [0.25, 0.3) is 12.2 Å². The predicted molar refractivity (Wildman–Crippen MR) is 151 cm³/mol. The zero-order valence-electron chi connectivity index (χ0n) is 23.0. The largest absolute Gasteiger partial charge is 0.493 e. The van der Waals surface area contributed by atoms with Crippen LogP contribution in [0.2, 0.25) is 0 Å². The highest BCUT2D eigenvalue weighted by Gasteiger charge is 2.22. The van der Waals surface area contributed by atoms with E-state index in [9.17, 15) is 8.42 Å². The van der Waals surface area contributed by atoms with E-state index in [2.05, 4.69) is 4.72 Å². The van der Waals surface area contributed by atoms with Gasteiger partial charge in [-0.05, 0) is 58.5 Å². The predicted octanol–water partition coefficient (Wildman–Crippen LogP) is 6.00. The molecule has 0 radical (unpaired) electrons. The van der Waals surface area contributed by atoms with Crippen molar-refractivity contribution in [1.82, 2.24) is 0 Å². The van der Waals surface area contributed by atoms with Crippen LogP contribution in [0, 0.1) is 0 Å². The normalized spacial score (nSPS) is 11.8. The Balaban J connectivity index is 2.04. The summed E-state index contributed by atoms with van der Waals surface area (Å²) in [5, 5.41) is 0. The molecule has 0 atom stereocenters. The Kier molecular flexibility index (Phi) is 8.83. The van der Waals surface area contributed by atoms with Crippen molar-refractivity contribution in [2.45, 2.75) is 31.1 Å². The number of hydrogen-bond acceptors (Lipinski definition) is 7. The number of benzene rings is 3. The highest BCUT2D eigenvalue weighted by Crippen LogP contribution is 2.40. The van der Waals surface area contributed by atoms with Gasteiger partial charge in [0.2, 0.25) is 5.75 Å². The summed E-state index contributed by atoms with van der Waals surface area (Å²) in [5.74, 6) is 2.17. The molecule has 0 aromatic heterocycles. The Hall–Kier alpha value is -3.85. The summed E-state index contributed by atoms with van der Waals surface area (Å²) >= 11 is 0. The van der Waals surface area contributed by atoms with Crippen molar-refractivity contribution < 1.29 is 32.1 Å². The highest BCUT2D eigenvalue weighted by molar-refractivity contribution is 7.92. The molecule has 3 aromatic carbocycles. The summed E-state index contributed by atoms with van der Waals surface area (Å²) in [5.41, 5.74) is 2.42. The maximum Gasteiger partial charge on any atom is 0.262 e. The van der Waals surface area contributed by atoms with E-state index in [1.165, 1.54) is 14.2 Å². The van der Waals surface area contributed by atoms with Crippen molar-refractivity contribution in [2.75, 3.05) is 40.3 Å². The van der Waals surface area contributed by atoms with E-state index in [1.807, 2.05) is 51.1 Å². The second kappa shape index (κ2) is 11.7. The van der Waals surface area contributed by atoms with E-state index in [0.717, 1.165) is 11.1 Å². The molecule has 0 saturated heterocycles. The van der Waals surface area contributed by atoms with Crippen LogP contribution in [-0.4, -0.2) is 44.0 Å². The molecule has 0 saturated carbocycles. The molecule has 0 heterocycles. The Morgan fingerprint density at radius 2 is 1.18 bits per heavy atom. The van der Waals surface area contributed by atoms with Gasteiger partial charge in [0.05, 0.1) is 46.1 Å². The Bertz CT molecular complexity index is 1400. The van der Waals surface area contributed by atoms with Crippen molar-refractivity contribution in [2.24, 2.45) is 0 Å². The van der Waals surface area contributed by atoms with E-state index >= 15 is 0 Å². The second-order valence-corrected chi connectivity index (χ2v) is 11.2. The highest BCUT2D eigenvalue weighted by atomic mass is 32.2. The van der Waals surface area contributed by atoms with Gasteiger partial charge >= 0.3 is 0 Å². The Morgan fingerprint density at radius 1 is 0.684 bits per heavy atom. The Labute approximate surface area is 225 Å². The molecule has 9 heteroatoms. The Morgan fingerprint density at radius 3 is 1.66 bits per heavy atom. The number of methoxy groups -OCH3 is 5. The quantitative estimate of drug-likeness (QED) is 0.315. The average molecular weight is 542 g/mol. The third-order valence-corrected chi connectivity index (χ3v) is 7.27. The zero-order chi connectivity index (χ0) is 28.1. The first-order chi connectivity index (χ1) is 18.0. The van der Waals surface area contributed by atoms with Crippen molar-refractivity contribution in [3.63, 3.8) is 0 Å². The smallest absolute Gasteiger partial charge is 0.262 e. The lowest BCUT2D eigenvalue weighted by atomic mass is 9.87. The fourth-order valence-electron chi connectivity index (χ4n) is 3.88. The van der Waals surface area contributed by atoms with Gasteiger partial charge in [-0.15, -0.1) is 0 Å². The maximum atomic E-state index is 13.4. The standard InChI is InChI=1S/C29H35NO7S/c1-29(2,3)21-10-9-11-22(18-21)38(31,32)30-23-14-19(15-24(33-4)27(23)36-7)12-13-20-16-25(34-5)28(37-8)26(17-20)35-6/h9-18,30H,1-8H3/b13-12-. The fraction of sp³-hybridized carbons (Fsp3) is 0.310. The van der Waals surface area contributed by atoms with E-state index < -0.39 is 10.0 Å². The molecule has 3 aromatic rings. The van der Waals surface area contributed by atoms with Gasteiger partial charge in [0.1, 0.15) is 0 Å². The van der Waals surface area contributed by atoms with E-state index in [0.29, 0.717) is 28.6 Å². The maximum absolute atomic E-state index is 13.4. The third kappa shape index (κ3) is 6.34. The van der Waals surface area contributed by atoms with E-state index in [1.54, 1.807) is 51.7 Å². The zero-order valence-corrected chi connectivity index (χ0v) is 23.9. The lowest BCUT2D eigenvalue weighted by molar-refractivity contribution is 0.324. The number of sulfonamides is 1. The molecular weight excluding hydrogens is 506 g/mol. The molecule has 0 aliphatic rings. The van der Waals surface area contributed by atoms with Gasteiger partial charge < -0.3 is 23.7 Å². The minimum Gasteiger partial charge on any atom is -0.493 e. The van der Waals surface area contributed by atoms with Crippen LogP contribution < -0.4 is 28.4 Å². The number of nitrogens with one attached hydrogen (secondary N) is 1. The summed E-state index contributed by atoms with van der Waals surface area (Å²) in [7, 11) is 3.68. The van der Waals surface area contributed by atoms with Crippen LogP contribution in [0.5, 0.6) is 28.7 Å². The summed E-state index contributed by atoms with van der Waals surface area (Å²) < 4.78 is 56.7. The summed E-state index contributed by atoms with van der Waals surface area (Å²) in [6, 6.07) is 14.0. The summed E-state index contributed by atoms with van der Waals surface area (Å²) in [4.78, 5) is 0.157. The molecule has 0 aliphatic carbocycles. The SMILES string of the molecule is COc1cc(/C=C\c2cc(OC)c(OC)c(OC)c2)cc(NS(=O)(=O)c2cccc(C(C)(C)C)c2)c1OC. The van der Waals surface area contributed by atoms with Gasteiger partial charge in [0.15, 0.2) is 23.0 Å². The topological polar surface area (TPSA) is 92.3 Å². The third-order valence-electron chi connectivity index (χ3n) is 5.91. The van der Waals surface area contributed by atoms with Crippen molar-refractivity contribution in [3.05, 3.63) is 65.2 Å².